The van der Waals surface area contributed by atoms with Gasteiger partial charge in [-0.15, -0.1) is 0 Å². The molecule has 0 amide bonds. The summed E-state index contributed by atoms with van der Waals surface area (Å²) in [5.74, 6) is -0.133. The van der Waals surface area contributed by atoms with Gasteiger partial charge in [0, 0.05) is 32.3 Å². The molecule has 0 aromatic rings. The van der Waals surface area contributed by atoms with Crippen LogP contribution >= 0.6 is 0 Å². The number of hydrogen-bond donors (Lipinski definition) is 0. The van der Waals surface area contributed by atoms with Gasteiger partial charge < -0.3 is 18.0 Å². The predicted molar refractivity (Wildman–Crippen MR) is 80.5 cm³/mol. The first kappa shape index (κ1) is 19.6. The van der Waals surface area contributed by atoms with E-state index in [2.05, 4.69) is 0 Å². The summed E-state index contributed by atoms with van der Waals surface area (Å²) in [4.78, 5) is 11.0. The average molecular weight is 306 g/mol. The fourth-order valence-electron chi connectivity index (χ4n) is 1.91. The zero-order chi connectivity index (χ0) is 15.3. The van der Waals surface area contributed by atoms with Gasteiger partial charge >= 0.3 is 14.8 Å². The third kappa shape index (κ3) is 8.68. The monoisotopic (exact) mass is 306 g/mol. The lowest BCUT2D eigenvalue weighted by atomic mass is 10.3. The molecular formula is C14H30O5Si. The quantitative estimate of drug-likeness (QED) is 0.297. The van der Waals surface area contributed by atoms with Crippen molar-refractivity contribution in [3.8, 4) is 0 Å². The summed E-state index contributed by atoms with van der Waals surface area (Å²) < 4.78 is 22.4. The van der Waals surface area contributed by atoms with Crippen LogP contribution in [0, 0.1) is 0 Å². The molecule has 0 rings (SSSR count). The van der Waals surface area contributed by atoms with Gasteiger partial charge in [0.25, 0.3) is 0 Å². The average Bonchev–Trinajstić information content (AvgIpc) is 2.43. The van der Waals surface area contributed by atoms with E-state index in [1.165, 1.54) is 0 Å². The fraction of sp³-hybridized carbons (Fsp3) is 0.929. The second-order valence-electron chi connectivity index (χ2n) is 4.37. The van der Waals surface area contributed by atoms with Crippen LogP contribution in [0.15, 0.2) is 0 Å². The largest absolute Gasteiger partial charge is 0.500 e. The summed E-state index contributed by atoms with van der Waals surface area (Å²) in [6.45, 7) is 10.0. The molecule has 0 radical (unpaired) electrons. The number of ether oxygens (including phenoxy) is 1. The van der Waals surface area contributed by atoms with Crippen molar-refractivity contribution in [1.82, 2.24) is 0 Å². The Bertz CT molecular complexity index is 231. The van der Waals surface area contributed by atoms with E-state index in [0.717, 1.165) is 25.3 Å². The fourth-order valence-corrected chi connectivity index (χ4v) is 4.60. The lowest BCUT2D eigenvalue weighted by molar-refractivity contribution is -0.143. The minimum Gasteiger partial charge on any atom is -0.466 e. The molecule has 0 N–H and O–H groups in total. The second-order valence-corrected chi connectivity index (χ2v) is 7.10. The van der Waals surface area contributed by atoms with E-state index in [-0.39, 0.29) is 5.97 Å². The van der Waals surface area contributed by atoms with Crippen molar-refractivity contribution in [2.75, 3.05) is 26.4 Å². The zero-order valence-corrected chi connectivity index (χ0v) is 14.4. The topological polar surface area (TPSA) is 54.0 Å². The van der Waals surface area contributed by atoms with Crippen molar-refractivity contribution < 1.29 is 22.8 Å². The maximum absolute atomic E-state index is 11.0. The van der Waals surface area contributed by atoms with Crippen LogP contribution in [-0.2, 0) is 22.8 Å². The third-order valence-corrected chi connectivity index (χ3v) is 5.92. The van der Waals surface area contributed by atoms with Gasteiger partial charge in [-0.25, -0.2) is 0 Å². The Morgan fingerprint density at radius 1 is 0.850 bits per heavy atom. The standard InChI is InChI=1S/C14H30O5Si/c1-5-14(15)16-12-10-9-11-13-20(17-6-2,18-7-3)19-8-4/h5-13H2,1-4H3. The van der Waals surface area contributed by atoms with Gasteiger partial charge in [0.15, 0.2) is 0 Å². The van der Waals surface area contributed by atoms with E-state index in [9.17, 15) is 4.79 Å². The molecule has 0 bridgehead atoms. The van der Waals surface area contributed by atoms with E-state index in [1.807, 2.05) is 20.8 Å². The molecule has 0 saturated carbocycles. The van der Waals surface area contributed by atoms with Crippen molar-refractivity contribution in [2.24, 2.45) is 0 Å². The third-order valence-electron chi connectivity index (χ3n) is 2.77. The maximum Gasteiger partial charge on any atom is 0.500 e. The summed E-state index contributed by atoms with van der Waals surface area (Å²) in [6, 6.07) is 0.824. The molecular weight excluding hydrogens is 276 g/mol. The Morgan fingerprint density at radius 2 is 1.40 bits per heavy atom. The molecule has 0 aromatic carbocycles. The highest BCUT2D eigenvalue weighted by Gasteiger charge is 2.39. The second kappa shape index (κ2) is 12.3. The smallest absolute Gasteiger partial charge is 0.466 e. The number of esters is 1. The Morgan fingerprint density at radius 3 is 1.85 bits per heavy atom. The molecule has 0 saturated heterocycles. The van der Waals surface area contributed by atoms with Gasteiger partial charge in [-0.2, -0.15) is 0 Å². The van der Waals surface area contributed by atoms with Crippen molar-refractivity contribution in [1.29, 1.82) is 0 Å². The molecule has 0 aliphatic carbocycles. The first-order valence-electron chi connectivity index (χ1n) is 7.71. The van der Waals surface area contributed by atoms with Crippen LogP contribution in [0.1, 0.15) is 53.4 Å². The van der Waals surface area contributed by atoms with Crippen LogP contribution in [0.5, 0.6) is 0 Å². The summed E-state index contributed by atoms with van der Waals surface area (Å²) in [6.07, 6.45) is 3.27. The number of carbonyl (C=O) groups excluding carboxylic acids is 1. The Balaban J connectivity index is 3.97. The zero-order valence-electron chi connectivity index (χ0n) is 13.4. The van der Waals surface area contributed by atoms with Crippen LogP contribution in [0.25, 0.3) is 0 Å². The number of rotatable bonds is 13. The molecule has 0 spiro atoms. The van der Waals surface area contributed by atoms with Crippen LogP contribution < -0.4 is 0 Å². The predicted octanol–water partition coefficient (Wildman–Crippen LogP) is 3.16. The minimum atomic E-state index is -2.49. The number of carbonyl (C=O) groups is 1. The van der Waals surface area contributed by atoms with Crippen molar-refractivity contribution in [3.63, 3.8) is 0 Å². The molecule has 0 fully saturated rings. The van der Waals surface area contributed by atoms with E-state index < -0.39 is 8.80 Å². The molecule has 0 aromatic heterocycles. The first-order chi connectivity index (χ1) is 9.64. The van der Waals surface area contributed by atoms with E-state index in [0.29, 0.717) is 32.8 Å². The van der Waals surface area contributed by atoms with Gasteiger partial charge in [0.2, 0.25) is 0 Å². The number of unbranched alkanes of at least 4 members (excludes halogenated alkanes) is 2. The highest BCUT2D eigenvalue weighted by atomic mass is 28.4. The van der Waals surface area contributed by atoms with Gasteiger partial charge in [-0.3, -0.25) is 4.79 Å². The molecule has 6 heteroatoms. The van der Waals surface area contributed by atoms with Crippen LogP contribution in [-0.4, -0.2) is 41.2 Å². The summed E-state index contributed by atoms with van der Waals surface area (Å²) in [5, 5.41) is 0. The van der Waals surface area contributed by atoms with Gasteiger partial charge in [0.05, 0.1) is 6.61 Å². The highest BCUT2D eigenvalue weighted by Crippen LogP contribution is 2.19. The molecule has 120 valence electrons. The lowest BCUT2D eigenvalue weighted by Gasteiger charge is -2.28. The van der Waals surface area contributed by atoms with E-state index >= 15 is 0 Å². The molecule has 0 unspecified atom stereocenters. The van der Waals surface area contributed by atoms with E-state index in [4.69, 9.17) is 18.0 Å². The van der Waals surface area contributed by atoms with Crippen molar-refractivity contribution >= 4 is 14.8 Å². The Labute approximate surface area is 124 Å². The molecule has 20 heavy (non-hydrogen) atoms. The minimum absolute atomic E-state index is 0.133. The van der Waals surface area contributed by atoms with Crippen molar-refractivity contribution in [2.45, 2.75) is 59.4 Å². The normalized spacial score (nSPS) is 11.6. The van der Waals surface area contributed by atoms with Gasteiger partial charge in [0.1, 0.15) is 0 Å². The summed E-state index contributed by atoms with van der Waals surface area (Å²) >= 11 is 0. The molecule has 0 aliphatic heterocycles. The first-order valence-corrected chi connectivity index (χ1v) is 9.64. The van der Waals surface area contributed by atoms with E-state index in [1.54, 1.807) is 6.92 Å². The lowest BCUT2D eigenvalue weighted by Crippen LogP contribution is -2.45. The Kier molecular flexibility index (Phi) is 12.1. The summed E-state index contributed by atoms with van der Waals surface area (Å²) in [5.41, 5.74) is 0. The van der Waals surface area contributed by atoms with Crippen LogP contribution in [0.4, 0.5) is 0 Å². The highest BCUT2D eigenvalue weighted by molar-refractivity contribution is 6.60. The molecule has 0 atom stereocenters. The number of hydrogen-bond acceptors (Lipinski definition) is 5. The maximum atomic E-state index is 11.0. The molecule has 5 nitrogen and oxygen atoms in total. The van der Waals surface area contributed by atoms with Crippen LogP contribution in [0.3, 0.4) is 0 Å². The summed E-state index contributed by atoms with van der Waals surface area (Å²) in [7, 11) is -2.49. The Hall–Kier alpha value is -0.433. The molecule has 0 aliphatic rings. The van der Waals surface area contributed by atoms with Crippen LogP contribution in [0.2, 0.25) is 6.04 Å². The van der Waals surface area contributed by atoms with Gasteiger partial charge in [-0.1, -0.05) is 13.3 Å². The SMILES string of the molecule is CCO[Si](CCCCCOC(=O)CC)(OCC)OCC. The van der Waals surface area contributed by atoms with Gasteiger partial charge in [-0.05, 0) is 33.6 Å². The van der Waals surface area contributed by atoms with Crippen molar-refractivity contribution in [3.05, 3.63) is 0 Å². The molecule has 0 heterocycles.